The van der Waals surface area contributed by atoms with Gasteiger partial charge in [0.05, 0.1) is 29.3 Å². The number of amides is 1. The van der Waals surface area contributed by atoms with Gasteiger partial charge in [-0.3, -0.25) is 4.79 Å². The Morgan fingerprint density at radius 2 is 1.98 bits per heavy atom. The number of carbonyl (C=O) groups is 1. The van der Waals surface area contributed by atoms with Crippen molar-refractivity contribution in [1.29, 1.82) is 0 Å². The number of hydrogen-bond donors (Lipinski definition) is 4. The fraction of sp³-hybridized carbons (Fsp3) is 0.552. The van der Waals surface area contributed by atoms with Crippen molar-refractivity contribution in [2.24, 2.45) is 11.1 Å². The first-order chi connectivity index (χ1) is 18.7. The second-order valence-electron chi connectivity index (χ2n) is 11.9. The Morgan fingerprint density at radius 3 is 2.60 bits per heavy atom. The number of benzene rings is 2. The lowest BCUT2D eigenvalue weighted by atomic mass is 9.68. The monoisotopic (exact) mass is 599 g/mol. The average molecular weight is 601 g/mol. The number of rotatable bonds is 9. The fourth-order valence-corrected chi connectivity index (χ4v) is 6.12. The van der Waals surface area contributed by atoms with E-state index in [2.05, 4.69) is 10.6 Å². The van der Waals surface area contributed by atoms with Crippen LogP contribution in [0.15, 0.2) is 36.4 Å². The van der Waals surface area contributed by atoms with Gasteiger partial charge in [0.2, 0.25) is 5.91 Å². The molecule has 0 aromatic heterocycles. The Kier molecular flexibility index (Phi) is 9.17. The second-order valence-corrected chi connectivity index (χ2v) is 12.8. The van der Waals surface area contributed by atoms with Crippen molar-refractivity contribution >= 4 is 29.1 Å². The van der Waals surface area contributed by atoms with Crippen LogP contribution in [0.4, 0.5) is 8.78 Å². The molecule has 220 valence electrons. The minimum Gasteiger partial charge on any atom is -0.396 e. The molecular weight excluding hydrogens is 563 g/mol. The molecule has 2 fully saturated rings. The quantitative estimate of drug-likeness (QED) is 0.335. The van der Waals surface area contributed by atoms with Crippen molar-refractivity contribution in [3.63, 3.8) is 0 Å². The standard InChI is InChI=1S/C29H37Cl2F2N3O4/c1-27(2,15-37)13-22-29(34,19-9-8-16(30)12-21(19)32)23(18-6-5-7-20(31)24(18)33)25(36-22)26(38)35-11-10-17-14-39-28(3,4)40-17/h5-9,12,17,22-23,25,36-37H,10-11,13-15,34H2,1-4H3,(H,35,38). The molecule has 5 unspecified atom stereocenters. The maximum absolute atomic E-state index is 15.6. The van der Waals surface area contributed by atoms with Gasteiger partial charge in [-0.1, -0.05) is 55.2 Å². The third kappa shape index (κ3) is 6.31. The smallest absolute Gasteiger partial charge is 0.237 e. The zero-order valence-electron chi connectivity index (χ0n) is 23.1. The lowest BCUT2D eigenvalue weighted by Crippen LogP contribution is -2.53. The second kappa shape index (κ2) is 11.8. The first kappa shape index (κ1) is 31.1. The molecule has 0 radical (unpaired) electrons. The molecule has 0 saturated carbocycles. The molecular formula is C29H37Cl2F2N3O4. The van der Waals surface area contributed by atoms with Crippen LogP contribution in [-0.4, -0.2) is 54.7 Å². The van der Waals surface area contributed by atoms with Crippen LogP contribution in [-0.2, 0) is 19.8 Å². The van der Waals surface area contributed by atoms with Crippen LogP contribution in [0.1, 0.15) is 57.6 Å². The van der Waals surface area contributed by atoms with E-state index < -0.39 is 52.3 Å². The van der Waals surface area contributed by atoms with Crippen LogP contribution < -0.4 is 16.4 Å². The van der Waals surface area contributed by atoms with Gasteiger partial charge in [-0.05, 0) is 55.9 Å². The summed E-state index contributed by atoms with van der Waals surface area (Å²) in [5.74, 6) is -3.61. The first-order valence-electron chi connectivity index (χ1n) is 13.3. The molecule has 2 heterocycles. The maximum Gasteiger partial charge on any atom is 0.237 e. The molecule has 5 atom stereocenters. The highest BCUT2D eigenvalue weighted by Crippen LogP contribution is 2.49. The first-order valence-corrected chi connectivity index (χ1v) is 14.1. The van der Waals surface area contributed by atoms with E-state index in [0.717, 1.165) is 6.07 Å². The van der Waals surface area contributed by atoms with Gasteiger partial charge >= 0.3 is 0 Å². The zero-order valence-corrected chi connectivity index (χ0v) is 24.6. The van der Waals surface area contributed by atoms with Crippen LogP contribution in [0.3, 0.4) is 0 Å². The molecule has 2 aliphatic rings. The summed E-state index contributed by atoms with van der Waals surface area (Å²) in [6.45, 7) is 7.80. The van der Waals surface area contributed by atoms with E-state index in [1.807, 2.05) is 27.7 Å². The summed E-state index contributed by atoms with van der Waals surface area (Å²) in [5.41, 5.74) is 5.04. The van der Waals surface area contributed by atoms with Crippen molar-refractivity contribution in [2.75, 3.05) is 19.8 Å². The average Bonchev–Trinajstić information content (AvgIpc) is 3.36. The zero-order chi connectivity index (χ0) is 29.5. The number of halogens is 4. The van der Waals surface area contributed by atoms with Gasteiger partial charge in [-0.15, -0.1) is 0 Å². The lowest BCUT2D eigenvalue weighted by Gasteiger charge is -2.40. The van der Waals surface area contributed by atoms with E-state index >= 15 is 8.78 Å². The van der Waals surface area contributed by atoms with E-state index in [1.165, 1.54) is 24.3 Å². The van der Waals surface area contributed by atoms with Crippen LogP contribution in [0.5, 0.6) is 0 Å². The number of ether oxygens (including phenoxy) is 2. The van der Waals surface area contributed by atoms with Gasteiger partial charge in [0.25, 0.3) is 0 Å². The van der Waals surface area contributed by atoms with E-state index in [4.69, 9.17) is 38.4 Å². The highest BCUT2D eigenvalue weighted by molar-refractivity contribution is 6.31. The maximum atomic E-state index is 15.6. The molecule has 2 aliphatic heterocycles. The van der Waals surface area contributed by atoms with Gasteiger partial charge in [0.1, 0.15) is 11.6 Å². The Labute approximate surface area is 243 Å². The molecule has 0 spiro atoms. The Hall–Kier alpha value is -1.85. The van der Waals surface area contributed by atoms with Crippen LogP contribution in [0, 0.1) is 17.0 Å². The number of nitrogens with two attached hydrogens (primary N) is 1. The van der Waals surface area contributed by atoms with Gasteiger partial charge in [-0.25, -0.2) is 8.78 Å². The summed E-state index contributed by atoms with van der Waals surface area (Å²) in [6, 6.07) is 6.80. The largest absolute Gasteiger partial charge is 0.396 e. The number of nitrogens with one attached hydrogen (secondary N) is 2. The summed E-state index contributed by atoms with van der Waals surface area (Å²) < 4.78 is 42.6. The number of carbonyl (C=O) groups excluding carboxylic acids is 1. The molecule has 40 heavy (non-hydrogen) atoms. The Bertz CT molecular complexity index is 1250. The van der Waals surface area contributed by atoms with Gasteiger partial charge in [-0.2, -0.15) is 0 Å². The molecule has 1 amide bonds. The molecule has 4 rings (SSSR count). The molecule has 0 aliphatic carbocycles. The summed E-state index contributed by atoms with van der Waals surface area (Å²) in [6.07, 6.45) is 0.564. The van der Waals surface area contributed by atoms with E-state index in [9.17, 15) is 9.90 Å². The van der Waals surface area contributed by atoms with Crippen LogP contribution >= 0.6 is 23.2 Å². The summed E-state index contributed by atoms with van der Waals surface area (Å²) in [4.78, 5) is 13.7. The molecule has 2 saturated heterocycles. The van der Waals surface area contributed by atoms with Crippen molar-refractivity contribution in [3.8, 4) is 0 Å². The van der Waals surface area contributed by atoms with Crippen molar-refractivity contribution in [1.82, 2.24) is 10.6 Å². The molecule has 7 nitrogen and oxygen atoms in total. The molecule has 11 heteroatoms. The normalized spacial score (nSPS) is 28.1. The fourth-order valence-electron chi connectivity index (χ4n) is 5.78. The summed E-state index contributed by atoms with van der Waals surface area (Å²) in [7, 11) is 0. The SMILES string of the molecule is CC(C)(CO)CC1NC(C(=O)NCCC2COC(C)(C)O2)C(c2cccc(Cl)c2F)C1(N)c1ccc(Cl)cc1F. The predicted molar refractivity (Wildman–Crippen MR) is 150 cm³/mol. The predicted octanol–water partition coefficient (Wildman–Crippen LogP) is 4.62. The number of aliphatic hydroxyl groups is 1. The summed E-state index contributed by atoms with van der Waals surface area (Å²) in [5, 5.41) is 16.3. The molecule has 2 aromatic carbocycles. The van der Waals surface area contributed by atoms with E-state index in [1.54, 1.807) is 6.07 Å². The third-order valence-corrected chi connectivity index (χ3v) is 8.35. The highest BCUT2D eigenvalue weighted by Gasteiger charge is 2.58. The molecule has 2 aromatic rings. The lowest BCUT2D eigenvalue weighted by molar-refractivity contribution is -0.138. The molecule has 5 N–H and O–H groups in total. The third-order valence-electron chi connectivity index (χ3n) is 7.82. The topological polar surface area (TPSA) is 106 Å². The van der Waals surface area contributed by atoms with Crippen molar-refractivity contribution in [2.45, 2.75) is 76.0 Å². The number of aliphatic hydroxyl groups excluding tert-OH is 1. The minimum atomic E-state index is -1.62. The van der Waals surface area contributed by atoms with Gasteiger partial charge in [0, 0.05) is 35.7 Å². The highest BCUT2D eigenvalue weighted by atomic mass is 35.5. The van der Waals surface area contributed by atoms with E-state index in [-0.39, 0.29) is 46.8 Å². The Balaban J connectivity index is 1.75. The van der Waals surface area contributed by atoms with Gasteiger partial charge < -0.3 is 30.9 Å². The van der Waals surface area contributed by atoms with Crippen molar-refractivity contribution < 1.29 is 28.2 Å². The summed E-state index contributed by atoms with van der Waals surface area (Å²) >= 11 is 12.2. The van der Waals surface area contributed by atoms with Gasteiger partial charge in [0.15, 0.2) is 5.79 Å². The number of hydrogen-bond acceptors (Lipinski definition) is 6. The minimum absolute atomic E-state index is 0.0709. The van der Waals surface area contributed by atoms with Crippen LogP contribution in [0.25, 0.3) is 0 Å². The molecule has 0 bridgehead atoms. The van der Waals surface area contributed by atoms with E-state index in [0.29, 0.717) is 13.0 Å². The Morgan fingerprint density at radius 1 is 1.25 bits per heavy atom. The van der Waals surface area contributed by atoms with Crippen LogP contribution in [0.2, 0.25) is 10.0 Å². The van der Waals surface area contributed by atoms with Crippen molar-refractivity contribution in [3.05, 3.63) is 69.2 Å².